The van der Waals surface area contributed by atoms with E-state index in [0.29, 0.717) is 11.8 Å². The van der Waals surface area contributed by atoms with Crippen LogP contribution in [0.3, 0.4) is 0 Å². The average Bonchev–Trinajstić information content (AvgIpc) is 2.82. The van der Waals surface area contributed by atoms with E-state index >= 15 is 0 Å². The molecule has 2 aliphatic rings. The zero-order valence-electron chi connectivity index (χ0n) is 10.3. The summed E-state index contributed by atoms with van der Waals surface area (Å²) in [7, 11) is 0. The van der Waals surface area contributed by atoms with Crippen molar-refractivity contribution in [2.45, 2.75) is 6.04 Å². The normalized spacial score (nSPS) is 26.4. The number of nitro benzene ring substituents is 1. The van der Waals surface area contributed by atoms with Crippen LogP contribution in [0.5, 0.6) is 0 Å². The molecule has 1 heterocycles. The second-order valence-electron chi connectivity index (χ2n) is 4.90. The van der Waals surface area contributed by atoms with Crippen LogP contribution in [0.2, 0.25) is 0 Å². The number of fused-ring (bicyclic) bond motifs is 1. The molecule has 2 fully saturated rings. The zero-order chi connectivity index (χ0) is 13.6. The van der Waals surface area contributed by atoms with Gasteiger partial charge in [-0.3, -0.25) is 14.9 Å². The van der Waals surface area contributed by atoms with Gasteiger partial charge in [0, 0.05) is 25.2 Å². The van der Waals surface area contributed by atoms with Crippen LogP contribution in [-0.4, -0.2) is 30.0 Å². The summed E-state index contributed by atoms with van der Waals surface area (Å²) in [5.41, 5.74) is -0.592. The van der Waals surface area contributed by atoms with Crippen molar-refractivity contribution in [2.75, 3.05) is 13.1 Å². The molecule has 0 radical (unpaired) electrons. The first-order valence-electron chi connectivity index (χ1n) is 6.03. The van der Waals surface area contributed by atoms with Gasteiger partial charge < -0.3 is 10.6 Å². The van der Waals surface area contributed by atoms with Crippen LogP contribution >= 0.6 is 12.4 Å². The number of hydrogen-bond donors (Lipinski definition) is 2. The van der Waals surface area contributed by atoms with Crippen LogP contribution in [0.15, 0.2) is 18.2 Å². The van der Waals surface area contributed by atoms with Gasteiger partial charge in [-0.05, 0) is 24.0 Å². The van der Waals surface area contributed by atoms with Crippen molar-refractivity contribution >= 4 is 24.0 Å². The fraction of sp³-hybridized carbons (Fsp3) is 0.417. The molecule has 8 heteroatoms. The Kier molecular flexibility index (Phi) is 3.92. The summed E-state index contributed by atoms with van der Waals surface area (Å²) >= 11 is 0. The summed E-state index contributed by atoms with van der Waals surface area (Å²) in [6, 6.07) is 2.95. The van der Waals surface area contributed by atoms with E-state index in [-0.39, 0.29) is 29.7 Å². The first-order valence-corrected chi connectivity index (χ1v) is 6.03. The van der Waals surface area contributed by atoms with Crippen molar-refractivity contribution in [3.05, 3.63) is 39.7 Å². The number of nitrogens with one attached hydrogen (secondary N) is 2. The van der Waals surface area contributed by atoms with Gasteiger partial charge >= 0.3 is 0 Å². The Bertz CT molecular complexity index is 559. The minimum absolute atomic E-state index is 0. The van der Waals surface area contributed by atoms with E-state index in [1.165, 1.54) is 0 Å². The van der Waals surface area contributed by atoms with Gasteiger partial charge in [0.05, 0.1) is 4.92 Å². The lowest BCUT2D eigenvalue weighted by Crippen LogP contribution is -2.32. The highest BCUT2D eigenvalue weighted by molar-refractivity contribution is 5.98. The SMILES string of the molecule is Cl.O=C(NC1C2CNCC21)c1cc(F)ccc1[N+](=O)[O-]. The monoisotopic (exact) mass is 301 g/mol. The number of nitrogens with zero attached hydrogens (tertiary/aromatic N) is 1. The fourth-order valence-electron chi connectivity index (χ4n) is 2.71. The van der Waals surface area contributed by atoms with Crippen LogP contribution in [0.25, 0.3) is 0 Å². The van der Waals surface area contributed by atoms with Crippen molar-refractivity contribution in [3.8, 4) is 0 Å². The van der Waals surface area contributed by atoms with E-state index < -0.39 is 16.6 Å². The third-order valence-electron chi connectivity index (χ3n) is 3.79. The second kappa shape index (κ2) is 5.34. The molecule has 2 N–H and O–H groups in total. The van der Waals surface area contributed by atoms with Crippen LogP contribution in [0.1, 0.15) is 10.4 Å². The Morgan fingerprint density at radius 2 is 2.05 bits per heavy atom. The van der Waals surface area contributed by atoms with Crippen molar-refractivity contribution in [1.29, 1.82) is 0 Å². The number of rotatable bonds is 3. The van der Waals surface area contributed by atoms with E-state index in [0.717, 1.165) is 31.3 Å². The lowest BCUT2D eigenvalue weighted by Gasteiger charge is -2.08. The van der Waals surface area contributed by atoms with Gasteiger partial charge in [0.25, 0.3) is 11.6 Å². The molecule has 1 aliphatic heterocycles. The maximum Gasteiger partial charge on any atom is 0.282 e. The van der Waals surface area contributed by atoms with E-state index in [2.05, 4.69) is 10.6 Å². The highest BCUT2D eigenvalue weighted by Crippen LogP contribution is 2.41. The highest BCUT2D eigenvalue weighted by atomic mass is 35.5. The molecule has 0 bridgehead atoms. The number of piperidine rings is 1. The summed E-state index contributed by atoms with van der Waals surface area (Å²) in [4.78, 5) is 22.2. The molecule has 1 aromatic rings. The van der Waals surface area contributed by atoms with Gasteiger partial charge in [-0.2, -0.15) is 0 Å². The van der Waals surface area contributed by atoms with Crippen molar-refractivity contribution in [3.63, 3.8) is 0 Å². The van der Waals surface area contributed by atoms with Gasteiger partial charge in [0.2, 0.25) is 0 Å². The highest BCUT2D eigenvalue weighted by Gasteiger charge is 2.53. The lowest BCUT2D eigenvalue weighted by molar-refractivity contribution is -0.385. The van der Waals surface area contributed by atoms with Gasteiger partial charge in [-0.15, -0.1) is 12.4 Å². The lowest BCUT2D eigenvalue weighted by atomic mass is 10.1. The third-order valence-corrected chi connectivity index (χ3v) is 3.79. The number of carbonyl (C=O) groups excluding carboxylic acids is 1. The predicted octanol–water partition coefficient (Wildman–Crippen LogP) is 1.10. The molecule has 1 aliphatic carbocycles. The summed E-state index contributed by atoms with van der Waals surface area (Å²) in [6.45, 7) is 1.70. The molecule has 1 saturated heterocycles. The van der Waals surface area contributed by atoms with Gasteiger partial charge in [-0.1, -0.05) is 0 Å². The standard InChI is InChI=1S/C12H12FN3O3.ClH/c13-6-1-2-10(16(18)19)7(3-6)12(17)15-11-8-4-14-5-9(8)11;/h1-3,8-9,11,14H,4-5H2,(H,15,17);1H. The summed E-state index contributed by atoms with van der Waals surface area (Å²) in [5, 5.41) is 16.8. The minimum Gasteiger partial charge on any atom is -0.348 e. The first kappa shape index (κ1) is 14.7. The molecule has 1 saturated carbocycles. The third kappa shape index (κ3) is 2.46. The summed E-state index contributed by atoms with van der Waals surface area (Å²) in [6.07, 6.45) is 0. The molecule has 0 aromatic heterocycles. The molecule has 2 unspecified atom stereocenters. The quantitative estimate of drug-likeness (QED) is 0.647. The van der Waals surface area contributed by atoms with Crippen LogP contribution in [0, 0.1) is 27.8 Å². The zero-order valence-corrected chi connectivity index (χ0v) is 11.2. The second-order valence-corrected chi connectivity index (χ2v) is 4.90. The summed E-state index contributed by atoms with van der Waals surface area (Å²) in [5.74, 6) is -0.438. The van der Waals surface area contributed by atoms with E-state index in [9.17, 15) is 19.3 Å². The van der Waals surface area contributed by atoms with Gasteiger partial charge in [0.15, 0.2) is 0 Å². The maximum atomic E-state index is 13.1. The Morgan fingerprint density at radius 1 is 1.40 bits per heavy atom. The van der Waals surface area contributed by atoms with Crippen molar-refractivity contribution in [2.24, 2.45) is 11.8 Å². The van der Waals surface area contributed by atoms with Gasteiger partial charge in [-0.25, -0.2) is 4.39 Å². The molecule has 0 spiro atoms. The molecule has 6 nitrogen and oxygen atoms in total. The van der Waals surface area contributed by atoms with Crippen LogP contribution in [-0.2, 0) is 0 Å². The molecule has 1 aromatic carbocycles. The molecular weight excluding hydrogens is 289 g/mol. The number of amides is 1. The Morgan fingerprint density at radius 3 is 2.65 bits per heavy atom. The number of benzene rings is 1. The van der Waals surface area contributed by atoms with Crippen LogP contribution < -0.4 is 10.6 Å². The minimum atomic E-state index is -0.677. The van der Waals surface area contributed by atoms with E-state index in [4.69, 9.17) is 0 Å². The average molecular weight is 302 g/mol. The van der Waals surface area contributed by atoms with Gasteiger partial charge in [0.1, 0.15) is 11.4 Å². The molecule has 20 heavy (non-hydrogen) atoms. The van der Waals surface area contributed by atoms with Crippen molar-refractivity contribution < 1.29 is 14.1 Å². The fourth-order valence-corrected chi connectivity index (χ4v) is 2.71. The Balaban J connectivity index is 0.00000147. The summed E-state index contributed by atoms with van der Waals surface area (Å²) < 4.78 is 13.1. The Hall–Kier alpha value is -1.73. The predicted molar refractivity (Wildman–Crippen MR) is 71.4 cm³/mol. The maximum absolute atomic E-state index is 13.1. The largest absolute Gasteiger partial charge is 0.348 e. The van der Waals surface area contributed by atoms with Crippen LogP contribution in [0.4, 0.5) is 10.1 Å². The molecule has 2 atom stereocenters. The molecular formula is C12H13ClFN3O3. The number of carbonyl (C=O) groups is 1. The van der Waals surface area contributed by atoms with Crippen molar-refractivity contribution in [1.82, 2.24) is 10.6 Å². The molecule has 1 amide bonds. The number of halogens is 2. The topological polar surface area (TPSA) is 84.3 Å². The number of hydrogen-bond acceptors (Lipinski definition) is 4. The molecule has 3 rings (SSSR count). The Labute approximate surface area is 120 Å². The smallest absolute Gasteiger partial charge is 0.282 e. The molecule has 108 valence electrons. The first-order chi connectivity index (χ1) is 9.08. The van der Waals surface area contributed by atoms with E-state index in [1.807, 2.05) is 0 Å². The number of nitro groups is 1. The van der Waals surface area contributed by atoms with E-state index in [1.54, 1.807) is 0 Å².